The first-order valence-electron chi connectivity index (χ1n) is 2.85. The molecule has 48 valence electrons. The molecule has 0 saturated heterocycles. The van der Waals surface area contributed by atoms with Crippen LogP contribution in [-0.4, -0.2) is 13.7 Å². The fraction of sp³-hybridized carbons (Fsp3) is 0.667. The minimum Gasteiger partial charge on any atom is -0.500 e. The second-order valence-electron chi connectivity index (χ2n) is 1.46. The molecule has 0 aliphatic heterocycles. The summed E-state index contributed by atoms with van der Waals surface area (Å²) >= 11 is 0. The summed E-state index contributed by atoms with van der Waals surface area (Å²) in [5.74, 6) is 0. The van der Waals surface area contributed by atoms with Crippen LogP contribution in [0.5, 0.6) is 0 Å². The van der Waals surface area contributed by atoms with Gasteiger partial charge in [-0.05, 0) is 6.42 Å². The molecule has 0 aromatic heterocycles. The van der Waals surface area contributed by atoms with Gasteiger partial charge in [-0.2, -0.15) is 0 Å². The van der Waals surface area contributed by atoms with E-state index in [-0.39, 0.29) is 0 Å². The predicted octanol–water partition coefficient (Wildman–Crippen LogP) is 1.10. The van der Waals surface area contributed by atoms with Crippen molar-refractivity contribution in [1.82, 2.24) is 5.32 Å². The zero-order chi connectivity index (χ0) is 6.24. The van der Waals surface area contributed by atoms with Crippen molar-refractivity contribution in [2.45, 2.75) is 13.3 Å². The molecule has 0 radical (unpaired) electrons. The van der Waals surface area contributed by atoms with Crippen LogP contribution in [0.3, 0.4) is 0 Å². The zero-order valence-electron chi connectivity index (χ0n) is 5.48. The highest BCUT2D eigenvalue weighted by molar-refractivity contribution is 4.66. The molecular weight excluding hydrogens is 102 g/mol. The van der Waals surface area contributed by atoms with Crippen LogP contribution in [0, 0.1) is 0 Å². The zero-order valence-corrected chi connectivity index (χ0v) is 5.48. The molecule has 2 nitrogen and oxygen atoms in total. The van der Waals surface area contributed by atoms with E-state index in [1.54, 1.807) is 12.5 Å². The molecule has 0 aromatic rings. The second kappa shape index (κ2) is 6.34. The maximum Gasteiger partial charge on any atom is 0.0985 e. The van der Waals surface area contributed by atoms with E-state index in [9.17, 15) is 0 Å². The van der Waals surface area contributed by atoms with E-state index in [1.807, 2.05) is 7.05 Å². The van der Waals surface area contributed by atoms with Crippen LogP contribution in [0.4, 0.5) is 0 Å². The normalized spacial score (nSPS) is 9.75. The molecule has 0 saturated carbocycles. The van der Waals surface area contributed by atoms with E-state index in [0.29, 0.717) is 0 Å². The van der Waals surface area contributed by atoms with Crippen molar-refractivity contribution in [3.63, 3.8) is 0 Å². The van der Waals surface area contributed by atoms with Gasteiger partial charge in [0.2, 0.25) is 0 Å². The van der Waals surface area contributed by atoms with E-state index in [0.717, 1.165) is 13.0 Å². The highest BCUT2D eigenvalue weighted by Crippen LogP contribution is 1.78. The molecule has 0 heterocycles. The third kappa shape index (κ3) is 5.34. The lowest BCUT2D eigenvalue weighted by molar-refractivity contribution is 0.248. The van der Waals surface area contributed by atoms with Gasteiger partial charge >= 0.3 is 0 Å². The Labute approximate surface area is 50.5 Å². The lowest BCUT2D eigenvalue weighted by Crippen LogP contribution is -1.92. The van der Waals surface area contributed by atoms with Crippen LogP contribution in [0.25, 0.3) is 0 Å². The second-order valence-corrected chi connectivity index (χ2v) is 1.46. The first-order valence-corrected chi connectivity index (χ1v) is 2.85. The molecule has 0 atom stereocenters. The highest BCUT2D eigenvalue weighted by atomic mass is 16.5. The van der Waals surface area contributed by atoms with E-state index < -0.39 is 0 Å². The molecule has 0 aromatic carbocycles. The lowest BCUT2D eigenvalue weighted by Gasteiger charge is -1.93. The Kier molecular flexibility index (Phi) is 5.82. The van der Waals surface area contributed by atoms with Gasteiger partial charge in [-0.3, -0.25) is 0 Å². The number of hydrogen-bond acceptors (Lipinski definition) is 2. The van der Waals surface area contributed by atoms with Crippen molar-refractivity contribution in [2.24, 2.45) is 0 Å². The van der Waals surface area contributed by atoms with Crippen molar-refractivity contribution >= 4 is 0 Å². The topological polar surface area (TPSA) is 21.3 Å². The fourth-order valence-corrected chi connectivity index (χ4v) is 0.302. The maximum atomic E-state index is 4.98. The first kappa shape index (κ1) is 7.34. The van der Waals surface area contributed by atoms with Gasteiger partial charge in [0, 0.05) is 13.2 Å². The number of nitrogens with one attached hydrogen (secondary N) is 1. The molecule has 2 heteroatoms. The molecule has 8 heavy (non-hydrogen) atoms. The average Bonchev–Trinajstić information content (AvgIpc) is 1.81. The van der Waals surface area contributed by atoms with E-state index in [1.165, 1.54) is 0 Å². The van der Waals surface area contributed by atoms with Gasteiger partial charge in [0.25, 0.3) is 0 Å². The minimum absolute atomic E-state index is 0.804. The van der Waals surface area contributed by atoms with Crippen molar-refractivity contribution < 1.29 is 4.74 Å². The monoisotopic (exact) mass is 115 g/mol. The van der Waals surface area contributed by atoms with Crippen molar-refractivity contribution in [3.05, 3.63) is 12.5 Å². The predicted molar refractivity (Wildman–Crippen MR) is 34.4 cm³/mol. The largest absolute Gasteiger partial charge is 0.500 e. The molecule has 0 aliphatic rings. The van der Waals surface area contributed by atoms with Crippen molar-refractivity contribution in [1.29, 1.82) is 0 Å². The molecule has 0 spiro atoms. The number of rotatable bonds is 4. The van der Waals surface area contributed by atoms with E-state index in [2.05, 4.69) is 12.2 Å². The molecule has 0 bridgehead atoms. The summed E-state index contributed by atoms with van der Waals surface area (Å²) in [5, 5.41) is 2.82. The summed E-state index contributed by atoms with van der Waals surface area (Å²) in [7, 11) is 1.84. The Hall–Kier alpha value is -0.660. The molecule has 0 rings (SSSR count). The van der Waals surface area contributed by atoms with Crippen LogP contribution in [0.2, 0.25) is 0 Å². The van der Waals surface area contributed by atoms with Crippen LogP contribution in [-0.2, 0) is 4.74 Å². The molecule has 0 aliphatic carbocycles. The van der Waals surface area contributed by atoms with Crippen LogP contribution in [0.15, 0.2) is 12.5 Å². The SMILES string of the molecule is CCCOC=CNC. The van der Waals surface area contributed by atoms with E-state index in [4.69, 9.17) is 4.74 Å². The van der Waals surface area contributed by atoms with Gasteiger partial charge in [0.15, 0.2) is 0 Å². The van der Waals surface area contributed by atoms with Crippen LogP contribution < -0.4 is 5.32 Å². The third-order valence-corrected chi connectivity index (χ3v) is 0.653. The standard InChI is InChI=1S/C6H13NO/c1-3-5-8-6-4-7-2/h4,6-7H,3,5H2,1-2H3. The summed E-state index contributed by atoms with van der Waals surface area (Å²) in [6, 6.07) is 0. The number of hydrogen-bond donors (Lipinski definition) is 1. The Balaban J connectivity index is 2.80. The molecule has 0 amide bonds. The van der Waals surface area contributed by atoms with Gasteiger partial charge < -0.3 is 10.1 Å². The molecule has 0 fully saturated rings. The van der Waals surface area contributed by atoms with Crippen molar-refractivity contribution in [3.8, 4) is 0 Å². The summed E-state index contributed by atoms with van der Waals surface area (Å²) < 4.78 is 4.98. The Bertz CT molecular complexity index is 61.5. The van der Waals surface area contributed by atoms with Crippen LogP contribution in [0.1, 0.15) is 13.3 Å². The Morgan fingerprint density at radius 2 is 2.38 bits per heavy atom. The van der Waals surface area contributed by atoms with Gasteiger partial charge in [0.05, 0.1) is 12.9 Å². The average molecular weight is 115 g/mol. The minimum atomic E-state index is 0.804. The smallest absolute Gasteiger partial charge is 0.0985 e. The first-order chi connectivity index (χ1) is 3.91. The summed E-state index contributed by atoms with van der Waals surface area (Å²) in [6.07, 6.45) is 4.48. The van der Waals surface area contributed by atoms with Gasteiger partial charge in [-0.15, -0.1) is 0 Å². The summed E-state index contributed by atoms with van der Waals surface area (Å²) in [4.78, 5) is 0. The molecular formula is C6H13NO. The Morgan fingerprint density at radius 3 is 2.88 bits per heavy atom. The quantitative estimate of drug-likeness (QED) is 0.437. The van der Waals surface area contributed by atoms with Gasteiger partial charge in [-0.25, -0.2) is 0 Å². The maximum absolute atomic E-state index is 4.98. The van der Waals surface area contributed by atoms with Crippen LogP contribution >= 0.6 is 0 Å². The van der Waals surface area contributed by atoms with Crippen molar-refractivity contribution in [2.75, 3.05) is 13.7 Å². The molecule has 1 N–H and O–H groups in total. The Morgan fingerprint density at radius 1 is 1.62 bits per heavy atom. The van der Waals surface area contributed by atoms with Gasteiger partial charge in [-0.1, -0.05) is 6.92 Å². The lowest BCUT2D eigenvalue weighted by atomic mass is 10.5. The summed E-state index contributed by atoms with van der Waals surface area (Å²) in [5.41, 5.74) is 0. The van der Waals surface area contributed by atoms with E-state index >= 15 is 0 Å². The fourth-order valence-electron chi connectivity index (χ4n) is 0.302. The van der Waals surface area contributed by atoms with Gasteiger partial charge in [0.1, 0.15) is 0 Å². The highest BCUT2D eigenvalue weighted by Gasteiger charge is 1.71. The molecule has 0 unspecified atom stereocenters. The third-order valence-electron chi connectivity index (χ3n) is 0.653. The number of ether oxygens (including phenoxy) is 1. The summed E-state index contributed by atoms with van der Waals surface area (Å²) in [6.45, 7) is 2.88.